The van der Waals surface area contributed by atoms with Crippen LogP contribution in [0.1, 0.15) is 16.1 Å². The number of methoxy groups -OCH3 is 1. The van der Waals surface area contributed by atoms with Gasteiger partial charge in [-0.1, -0.05) is 71.7 Å². The van der Waals surface area contributed by atoms with E-state index in [9.17, 15) is 4.79 Å². The normalized spacial score (nSPS) is 11.0. The van der Waals surface area contributed by atoms with Gasteiger partial charge in [-0.2, -0.15) is 5.10 Å². The molecule has 36 heavy (non-hydrogen) atoms. The fraction of sp³-hybridized carbons (Fsp3) is 0.107. The van der Waals surface area contributed by atoms with Crippen molar-refractivity contribution in [2.45, 2.75) is 6.42 Å². The van der Waals surface area contributed by atoms with Crippen molar-refractivity contribution < 1.29 is 9.53 Å². The zero-order chi connectivity index (χ0) is 25.1. The number of aromatic nitrogens is 3. The lowest BCUT2D eigenvalue weighted by molar-refractivity contribution is 0.0949. The number of rotatable bonds is 7. The number of para-hydroxylation sites is 1. The Morgan fingerprint density at radius 3 is 2.53 bits per heavy atom. The van der Waals surface area contributed by atoms with Gasteiger partial charge in [-0.25, -0.2) is 9.50 Å². The second kappa shape index (κ2) is 10.4. The van der Waals surface area contributed by atoms with E-state index in [1.807, 2.05) is 66.7 Å². The lowest BCUT2D eigenvalue weighted by Crippen LogP contribution is -2.27. The number of nitrogens with one attached hydrogen (secondary N) is 1. The summed E-state index contributed by atoms with van der Waals surface area (Å²) in [4.78, 5) is 17.8. The maximum absolute atomic E-state index is 13.1. The van der Waals surface area contributed by atoms with Crippen molar-refractivity contribution in [1.29, 1.82) is 0 Å². The molecule has 0 bridgehead atoms. The number of amides is 1. The lowest BCUT2D eigenvalue weighted by Gasteiger charge is -2.12. The molecule has 5 rings (SSSR count). The molecule has 1 amide bonds. The van der Waals surface area contributed by atoms with Crippen LogP contribution in [-0.4, -0.2) is 34.2 Å². The van der Waals surface area contributed by atoms with E-state index in [1.54, 1.807) is 29.8 Å². The molecule has 0 aliphatic rings. The molecule has 0 saturated heterocycles. The van der Waals surface area contributed by atoms with Crippen molar-refractivity contribution >= 4 is 34.8 Å². The molecular formula is C28H22Cl2N4O2. The largest absolute Gasteiger partial charge is 0.496 e. The molecule has 1 N–H and O–H groups in total. The van der Waals surface area contributed by atoms with Crippen LogP contribution < -0.4 is 10.1 Å². The van der Waals surface area contributed by atoms with Gasteiger partial charge < -0.3 is 10.1 Å². The van der Waals surface area contributed by atoms with Gasteiger partial charge in [0.15, 0.2) is 5.65 Å². The van der Waals surface area contributed by atoms with Crippen LogP contribution in [-0.2, 0) is 6.42 Å². The molecule has 180 valence electrons. The topological polar surface area (TPSA) is 68.5 Å². The molecule has 0 aliphatic carbocycles. The van der Waals surface area contributed by atoms with Crippen LogP contribution in [0.25, 0.3) is 28.2 Å². The van der Waals surface area contributed by atoms with E-state index < -0.39 is 0 Å². The predicted molar refractivity (Wildman–Crippen MR) is 143 cm³/mol. The van der Waals surface area contributed by atoms with Gasteiger partial charge in [0.25, 0.3) is 5.91 Å². The van der Waals surface area contributed by atoms with Crippen molar-refractivity contribution in [1.82, 2.24) is 19.9 Å². The molecule has 8 heteroatoms. The van der Waals surface area contributed by atoms with E-state index in [-0.39, 0.29) is 11.6 Å². The zero-order valence-corrected chi connectivity index (χ0v) is 20.9. The van der Waals surface area contributed by atoms with Gasteiger partial charge in [0.1, 0.15) is 11.4 Å². The first-order chi connectivity index (χ1) is 17.5. The Morgan fingerprint density at radius 2 is 1.75 bits per heavy atom. The van der Waals surface area contributed by atoms with E-state index in [0.717, 1.165) is 22.4 Å². The smallest absolute Gasteiger partial charge is 0.270 e. The molecule has 0 aliphatic heterocycles. The van der Waals surface area contributed by atoms with Gasteiger partial charge in [-0.05, 0) is 42.3 Å². The second-order valence-electron chi connectivity index (χ2n) is 8.13. The third-order valence-electron chi connectivity index (χ3n) is 5.81. The Bertz CT molecular complexity index is 1550. The predicted octanol–water partition coefficient (Wildman–Crippen LogP) is 6.35. The van der Waals surface area contributed by atoms with Crippen LogP contribution in [0.5, 0.6) is 5.75 Å². The molecule has 0 atom stereocenters. The number of ether oxygens (including phenoxy) is 1. The van der Waals surface area contributed by atoms with E-state index in [4.69, 9.17) is 33.0 Å². The SMILES string of the molecule is COc1ccccc1-c1cc(C(=O)NCCc2ccc(Cl)cc2Cl)nc2cc(-c3ccccc3)nn12. The quantitative estimate of drug-likeness (QED) is 0.273. The van der Waals surface area contributed by atoms with Crippen LogP contribution in [0.4, 0.5) is 0 Å². The highest BCUT2D eigenvalue weighted by Crippen LogP contribution is 2.31. The molecule has 0 fully saturated rings. The summed E-state index contributed by atoms with van der Waals surface area (Å²) in [6.07, 6.45) is 0.564. The molecule has 2 heterocycles. The Labute approximate surface area is 218 Å². The van der Waals surface area contributed by atoms with Gasteiger partial charge in [-0.15, -0.1) is 0 Å². The van der Waals surface area contributed by atoms with E-state index in [2.05, 4.69) is 10.3 Å². The Hall–Kier alpha value is -3.87. The molecule has 5 aromatic rings. The summed E-state index contributed by atoms with van der Waals surface area (Å²) >= 11 is 12.2. The van der Waals surface area contributed by atoms with Crippen molar-refractivity contribution in [3.05, 3.63) is 106 Å². The highest BCUT2D eigenvalue weighted by molar-refractivity contribution is 6.35. The summed E-state index contributed by atoms with van der Waals surface area (Å²) in [5.41, 5.74) is 4.97. The molecule has 0 saturated carbocycles. The lowest BCUT2D eigenvalue weighted by atomic mass is 10.1. The van der Waals surface area contributed by atoms with E-state index in [0.29, 0.717) is 40.1 Å². The number of benzene rings is 3. The van der Waals surface area contributed by atoms with Crippen LogP contribution in [0.3, 0.4) is 0 Å². The maximum atomic E-state index is 13.1. The van der Waals surface area contributed by atoms with Crippen molar-refractivity contribution in [3.8, 4) is 28.3 Å². The van der Waals surface area contributed by atoms with Gasteiger partial charge >= 0.3 is 0 Å². The Balaban J connectivity index is 1.50. The second-order valence-corrected chi connectivity index (χ2v) is 8.98. The third-order valence-corrected chi connectivity index (χ3v) is 6.39. The van der Waals surface area contributed by atoms with Crippen LogP contribution >= 0.6 is 23.2 Å². The van der Waals surface area contributed by atoms with Crippen molar-refractivity contribution in [2.24, 2.45) is 0 Å². The molecule has 3 aromatic carbocycles. The summed E-state index contributed by atoms with van der Waals surface area (Å²) in [6, 6.07) is 26.4. The first kappa shape index (κ1) is 23.9. The third kappa shape index (κ3) is 4.91. The standard InChI is InChI=1S/C28H22Cl2N4O2/c1-36-26-10-6-5-9-21(26)25-16-24(28(35)31-14-13-18-11-12-20(29)15-22(18)30)32-27-17-23(33-34(25)27)19-7-3-2-4-8-19/h2-12,15-17H,13-14H2,1H3,(H,31,35). The number of carbonyl (C=O) groups is 1. The molecule has 2 aromatic heterocycles. The highest BCUT2D eigenvalue weighted by atomic mass is 35.5. The number of fused-ring (bicyclic) bond motifs is 1. The van der Waals surface area contributed by atoms with Crippen molar-refractivity contribution in [3.63, 3.8) is 0 Å². The Morgan fingerprint density at radius 1 is 0.972 bits per heavy atom. The summed E-state index contributed by atoms with van der Waals surface area (Å²) in [7, 11) is 1.62. The minimum atomic E-state index is -0.291. The average Bonchev–Trinajstić information content (AvgIpc) is 3.34. The molecule has 0 spiro atoms. The van der Waals surface area contributed by atoms with Gasteiger partial charge in [0.05, 0.1) is 18.5 Å². The summed E-state index contributed by atoms with van der Waals surface area (Å²) in [6.45, 7) is 0.394. The van der Waals surface area contributed by atoms with Crippen LogP contribution in [0, 0.1) is 0 Å². The van der Waals surface area contributed by atoms with Gasteiger partial charge in [0, 0.05) is 33.8 Å². The first-order valence-electron chi connectivity index (χ1n) is 11.4. The molecule has 6 nitrogen and oxygen atoms in total. The number of hydrogen-bond acceptors (Lipinski definition) is 4. The number of halogens is 2. The van der Waals surface area contributed by atoms with Crippen LogP contribution in [0.15, 0.2) is 84.9 Å². The minimum Gasteiger partial charge on any atom is -0.496 e. The van der Waals surface area contributed by atoms with Gasteiger partial charge in [-0.3, -0.25) is 4.79 Å². The average molecular weight is 517 g/mol. The van der Waals surface area contributed by atoms with E-state index in [1.165, 1.54) is 0 Å². The van der Waals surface area contributed by atoms with E-state index >= 15 is 0 Å². The van der Waals surface area contributed by atoms with Gasteiger partial charge in [0.2, 0.25) is 0 Å². The monoisotopic (exact) mass is 516 g/mol. The zero-order valence-electron chi connectivity index (χ0n) is 19.4. The number of carbonyl (C=O) groups excluding carboxylic acids is 1. The molecule has 0 unspecified atom stereocenters. The van der Waals surface area contributed by atoms with Crippen LogP contribution in [0.2, 0.25) is 10.0 Å². The summed E-state index contributed by atoms with van der Waals surface area (Å²) in [5, 5.41) is 8.89. The number of hydrogen-bond donors (Lipinski definition) is 1. The Kier molecular flexibility index (Phi) is 6.89. The summed E-state index contributed by atoms with van der Waals surface area (Å²) < 4.78 is 7.33. The first-order valence-corrected chi connectivity index (χ1v) is 12.1. The minimum absolute atomic E-state index is 0.283. The molecular weight excluding hydrogens is 495 g/mol. The number of nitrogens with zero attached hydrogens (tertiary/aromatic N) is 3. The maximum Gasteiger partial charge on any atom is 0.270 e. The fourth-order valence-corrected chi connectivity index (χ4v) is 4.52. The van der Waals surface area contributed by atoms with Crippen molar-refractivity contribution in [2.75, 3.05) is 13.7 Å². The molecule has 0 radical (unpaired) electrons. The summed E-state index contributed by atoms with van der Waals surface area (Å²) in [5.74, 6) is 0.381. The highest BCUT2D eigenvalue weighted by Gasteiger charge is 2.18. The fourth-order valence-electron chi connectivity index (χ4n) is 4.01.